The summed E-state index contributed by atoms with van der Waals surface area (Å²) < 4.78 is 62.0. The van der Waals surface area contributed by atoms with Crippen molar-refractivity contribution in [1.82, 2.24) is 10.1 Å². The first-order valence-corrected chi connectivity index (χ1v) is 11.3. The van der Waals surface area contributed by atoms with Crippen LogP contribution in [0.5, 0.6) is 0 Å². The fourth-order valence-electron chi connectivity index (χ4n) is 3.17. The average molecular weight is 503 g/mol. The highest BCUT2D eigenvalue weighted by atomic mass is 79.9. The molecule has 1 aromatic carbocycles. The molecular formula is C18H17BrF2N4O4S. The number of aromatic nitrogens is 2. The minimum atomic E-state index is -4.01. The number of anilines is 3. The highest BCUT2D eigenvalue weighted by Crippen LogP contribution is 2.47. The molecule has 3 N–H and O–H groups in total. The molecule has 0 atom stereocenters. The van der Waals surface area contributed by atoms with Crippen molar-refractivity contribution in [2.75, 3.05) is 16.6 Å². The van der Waals surface area contributed by atoms with Gasteiger partial charge in [-0.05, 0) is 44.4 Å². The van der Waals surface area contributed by atoms with E-state index in [0.717, 1.165) is 0 Å². The monoisotopic (exact) mass is 502 g/mol. The van der Waals surface area contributed by atoms with Crippen LogP contribution >= 0.6 is 15.9 Å². The summed E-state index contributed by atoms with van der Waals surface area (Å²) in [5, 5.41) is 15.5. The van der Waals surface area contributed by atoms with Gasteiger partial charge >= 0.3 is 0 Å². The number of aryl methyl sites for hydroxylation is 1. The van der Waals surface area contributed by atoms with Crippen LogP contribution in [0, 0.1) is 18.6 Å². The zero-order valence-electron chi connectivity index (χ0n) is 15.7. The van der Waals surface area contributed by atoms with Crippen LogP contribution < -0.4 is 10.0 Å². The van der Waals surface area contributed by atoms with Gasteiger partial charge in [-0.3, -0.25) is 4.72 Å². The molecule has 2 aromatic heterocycles. The third-order valence-electron chi connectivity index (χ3n) is 5.08. The van der Waals surface area contributed by atoms with E-state index in [1.54, 1.807) is 0 Å². The number of aliphatic hydroxyl groups is 1. The summed E-state index contributed by atoms with van der Waals surface area (Å²) in [5.41, 5.74) is -0.470. The maximum Gasteiger partial charge on any atom is 0.239 e. The number of pyridine rings is 1. The number of hydrogen-bond donors (Lipinski definition) is 3. The molecule has 1 fully saturated rings. The molecule has 0 saturated heterocycles. The molecule has 0 unspecified atom stereocenters. The molecule has 1 aliphatic rings. The van der Waals surface area contributed by atoms with Gasteiger partial charge in [-0.15, -0.1) is 0 Å². The Kier molecular flexibility index (Phi) is 5.19. The second-order valence-corrected chi connectivity index (χ2v) is 10.1. The van der Waals surface area contributed by atoms with Crippen LogP contribution in [-0.2, 0) is 10.0 Å². The van der Waals surface area contributed by atoms with Crippen LogP contribution in [0.1, 0.15) is 25.0 Å². The van der Waals surface area contributed by atoms with Crippen LogP contribution in [0.4, 0.5) is 26.0 Å². The van der Waals surface area contributed by atoms with E-state index in [2.05, 4.69) is 36.1 Å². The number of rotatable bonds is 7. The molecular weight excluding hydrogens is 486 g/mol. The van der Waals surface area contributed by atoms with E-state index in [0.29, 0.717) is 17.3 Å². The van der Waals surface area contributed by atoms with Gasteiger partial charge in [-0.1, -0.05) is 21.1 Å². The average Bonchev–Trinajstić information content (AvgIpc) is 3.38. The lowest BCUT2D eigenvalue weighted by Crippen LogP contribution is -2.31. The molecule has 1 aliphatic carbocycles. The van der Waals surface area contributed by atoms with E-state index in [1.165, 1.54) is 25.1 Å². The summed E-state index contributed by atoms with van der Waals surface area (Å²) in [6, 6.07) is 4.08. The van der Waals surface area contributed by atoms with Crippen molar-refractivity contribution >= 4 is 54.2 Å². The molecule has 0 spiro atoms. The lowest BCUT2D eigenvalue weighted by atomic mass is 10.2. The molecule has 2 heterocycles. The minimum Gasteiger partial charge on any atom is -0.396 e. The molecule has 0 aliphatic heterocycles. The Morgan fingerprint density at radius 1 is 1.33 bits per heavy atom. The predicted octanol–water partition coefficient (Wildman–Crippen LogP) is 3.97. The normalized spacial score (nSPS) is 15.4. The zero-order chi connectivity index (χ0) is 21.7. The Balaban J connectivity index is 1.83. The number of aliphatic hydroxyl groups excluding tert-OH is 1. The van der Waals surface area contributed by atoms with Crippen LogP contribution in [0.25, 0.3) is 11.1 Å². The maximum atomic E-state index is 15.2. The van der Waals surface area contributed by atoms with Crippen molar-refractivity contribution in [2.24, 2.45) is 0 Å². The first-order chi connectivity index (χ1) is 14.2. The van der Waals surface area contributed by atoms with E-state index in [-0.39, 0.29) is 41.3 Å². The molecule has 30 heavy (non-hydrogen) atoms. The summed E-state index contributed by atoms with van der Waals surface area (Å²) in [6.45, 7) is 1.23. The summed E-state index contributed by atoms with van der Waals surface area (Å²) in [7, 11) is -4.01. The topological polar surface area (TPSA) is 117 Å². The van der Waals surface area contributed by atoms with Crippen LogP contribution in [0.15, 0.2) is 27.2 Å². The lowest BCUT2D eigenvalue weighted by molar-refractivity contribution is 0.283. The van der Waals surface area contributed by atoms with E-state index in [1.807, 2.05) is 0 Å². The fraction of sp³-hybridized carbons (Fsp3) is 0.333. The van der Waals surface area contributed by atoms with Crippen LogP contribution in [0.3, 0.4) is 0 Å². The van der Waals surface area contributed by atoms with Crippen molar-refractivity contribution in [3.05, 3.63) is 40.0 Å². The number of nitrogens with one attached hydrogen (secondary N) is 2. The third-order valence-corrected chi connectivity index (χ3v) is 7.79. The van der Waals surface area contributed by atoms with E-state index in [4.69, 9.17) is 4.52 Å². The summed E-state index contributed by atoms with van der Waals surface area (Å²) in [5.74, 6) is -2.00. The van der Waals surface area contributed by atoms with Gasteiger partial charge in [-0.2, -0.15) is 0 Å². The standard InChI is InChI=1S/C18H17BrF2N4O4S/c1-9-14-16(29-24-9)13(21)15(22-12-3-2-10(19)8-11(12)20)17(23-14)25-30(27,28)18(4-5-18)6-7-26/h2-3,8,22,26H,4-7H2,1H3,(H,23,25). The predicted molar refractivity (Wildman–Crippen MR) is 110 cm³/mol. The first kappa shape index (κ1) is 20.9. The maximum absolute atomic E-state index is 15.2. The quantitative estimate of drug-likeness (QED) is 0.447. The third kappa shape index (κ3) is 3.52. The molecule has 160 valence electrons. The largest absolute Gasteiger partial charge is 0.396 e. The van der Waals surface area contributed by atoms with E-state index in [9.17, 15) is 17.9 Å². The van der Waals surface area contributed by atoms with Gasteiger partial charge < -0.3 is 14.9 Å². The Morgan fingerprint density at radius 3 is 2.70 bits per heavy atom. The van der Waals surface area contributed by atoms with Crippen molar-refractivity contribution < 1.29 is 26.8 Å². The highest BCUT2D eigenvalue weighted by Gasteiger charge is 2.54. The number of hydrogen-bond acceptors (Lipinski definition) is 7. The van der Waals surface area contributed by atoms with Gasteiger partial charge in [-0.25, -0.2) is 22.2 Å². The van der Waals surface area contributed by atoms with E-state index < -0.39 is 32.1 Å². The van der Waals surface area contributed by atoms with Gasteiger partial charge in [0, 0.05) is 11.1 Å². The van der Waals surface area contributed by atoms with E-state index >= 15 is 4.39 Å². The van der Waals surface area contributed by atoms with Gasteiger partial charge in [0.2, 0.25) is 15.6 Å². The molecule has 4 rings (SSSR count). The molecule has 1 saturated carbocycles. The van der Waals surface area contributed by atoms with Crippen molar-refractivity contribution in [1.29, 1.82) is 0 Å². The molecule has 12 heteroatoms. The molecule has 8 nitrogen and oxygen atoms in total. The van der Waals surface area contributed by atoms with Crippen molar-refractivity contribution in [3.63, 3.8) is 0 Å². The summed E-state index contributed by atoms with van der Waals surface area (Å²) in [4.78, 5) is 4.18. The minimum absolute atomic E-state index is 0.0408. The summed E-state index contributed by atoms with van der Waals surface area (Å²) >= 11 is 3.14. The van der Waals surface area contributed by atoms with Crippen molar-refractivity contribution in [3.8, 4) is 0 Å². The Bertz CT molecular complexity index is 1240. The Labute approximate surface area is 178 Å². The molecule has 3 aromatic rings. The highest BCUT2D eigenvalue weighted by molar-refractivity contribution is 9.10. The first-order valence-electron chi connectivity index (χ1n) is 8.98. The van der Waals surface area contributed by atoms with Crippen LogP contribution in [0.2, 0.25) is 0 Å². The number of benzene rings is 1. The number of fused-ring (bicyclic) bond motifs is 1. The molecule has 0 bridgehead atoms. The number of halogens is 3. The van der Waals surface area contributed by atoms with Gasteiger partial charge in [0.1, 0.15) is 22.7 Å². The lowest BCUT2D eigenvalue weighted by Gasteiger charge is -2.19. The van der Waals surface area contributed by atoms with Crippen LogP contribution in [-0.4, -0.2) is 35.0 Å². The Hall–Kier alpha value is -2.31. The second kappa shape index (κ2) is 7.43. The fourth-order valence-corrected chi connectivity index (χ4v) is 5.12. The van der Waals surface area contributed by atoms with Gasteiger partial charge in [0.15, 0.2) is 11.6 Å². The zero-order valence-corrected chi connectivity index (χ0v) is 18.1. The number of nitrogens with zero attached hydrogens (tertiary/aromatic N) is 2. The van der Waals surface area contributed by atoms with Crippen molar-refractivity contribution in [2.45, 2.75) is 30.9 Å². The number of sulfonamides is 1. The summed E-state index contributed by atoms with van der Waals surface area (Å²) in [6.07, 6.45) is 0.775. The van der Waals surface area contributed by atoms with Gasteiger partial charge in [0.05, 0.1) is 10.4 Å². The second-order valence-electron chi connectivity index (χ2n) is 7.11. The Morgan fingerprint density at radius 2 is 2.07 bits per heavy atom. The smallest absolute Gasteiger partial charge is 0.239 e. The SMILES string of the molecule is Cc1noc2c(F)c(Nc3ccc(Br)cc3F)c(NS(=O)(=O)C3(CCO)CC3)nc12. The molecule has 0 radical (unpaired) electrons. The van der Waals surface area contributed by atoms with Gasteiger partial charge in [0.25, 0.3) is 0 Å². The molecule has 0 amide bonds.